The van der Waals surface area contributed by atoms with Gasteiger partial charge in [-0.2, -0.15) is 0 Å². The number of nitrogens with one attached hydrogen (secondary N) is 1. The van der Waals surface area contributed by atoms with Gasteiger partial charge >= 0.3 is 0 Å². The summed E-state index contributed by atoms with van der Waals surface area (Å²) in [5.74, 6) is 5.46. The van der Waals surface area contributed by atoms with Crippen molar-refractivity contribution in [3.8, 4) is 0 Å². The third-order valence-corrected chi connectivity index (χ3v) is 2.97. The highest BCUT2D eigenvalue weighted by Crippen LogP contribution is 2.22. The molecule has 1 aliphatic rings. The average molecular weight is 206 g/mol. The van der Waals surface area contributed by atoms with Crippen LogP contribution in [0, 0.1) is 0 Å². The van der Waals surface area contributed by atoms with Crippen LogP contribution in [0.1, 0.15) is 24.8 Å². The second-order valence-electron chi connectivity index (χ2n) is 4.04. The minimum atomic E-state index is 0.273. The molecule has 82 valence electrons. The molecule has 1 aliphatic carbocycles. The number of hydrogen-bond donors (Lipinski definition) is 2. The maximum absolute atomic E-state index is 5.85. The van der Waals surface area contributed by atoms with Crippen LogP contribution in [-0.4, -0.2) is 12.1 Å². The summed E-state index contributed by atoms with van der Waals surface area (Å²) in [5.41, 5.74) is 4.05. The van der Waals surface area contributed by atoms with Crippen LogP contribution in [0.2, 0.25) is 0 Å². The summed E-state index contributed by atoms with van der Waals surface area (Å²) >= 11 is 0. The van der Waals surface area contributed by atoms with Crippen molar-refractivity contribution >= 4 is 0 Å². The lowest BCUT2D eigenvalue weighted by molar-refractivity contribution is 0.0280. The first-order valence-corrected chi connectivity index (χ1v) is 5.52. The van der Waals surface area contributed by atoms with E-state index in [0.717, 1.165) is 12.8 Å². The molecule has 0 heterocycles. The number of hydrogen-bond acceptors (Lipinski definition) is 3. The summed E-state index contributed by atoms with van der Waals surface area (Å²) < 4.78 is 5.85. The molecule has 15 heavy (non-hydrogen) atoms. The summed E-state index contributed by atoms with van der Waals surface area (Å²) in [6, 6.07) is 10.6. The molecule has 2 atom stereocenters. The van der Waals surface area contributed by atoms with Crippen LogP contribution < -0.4 is 11.3 Å². The topological polar surface area (TPSA) is 47.3 Å². The van der Waals surface area contributed by atoms with E-state index in [0.29, 0.717) is 12.6 Å². The van der Waals surface area contributed by atoms with E-state index >= 15 is 0 Å². The lowest BCUT2D eigenvalue weighted by Crippen LogP contribution is -2.41. The molecule has 0 saturated heterocycles. The Bertz CT molecular complexity index is 289. The molecule has 0 spiro atoms. The van der Waals surface area contributed by atoms with Crippen LogP contribution in [0.25, 0.3) is 0 Å². The zero-order valence-electron chi connectivity index (χ0n) is 8.86. The van der Waals surface area contributed by atoms with Crippen molar-refractivity contribution in [2.75, 3.05) is 0 Å². The molecule has 0 aliphatic heterocycles. The standard InChI is InChI=1S/C12H18N2O/c13-14-11-7-4-8-12(11)15-9-10-5-2-1-3-6-10/h1-3,5-6,11-12,14H,4,7-9,13H2. The van der Waals surface area contributed by atoms with Gasteiger partial charge in [-0.15, -0.1) is 0 Å². The largest absolute Gasteiger partial charge is 0.372 e. The van der Waals surface area contributed by atoms with Crippen molar-refractivity contribution in [3.63, 3.8) is 0 Å². The highest BCUT2D eigenvalue weighted by atomic mass is 16.5. The molecule has 1 saturated carbocycles. The minimum Gasteiger partial charge on any atom is -0.372 e. The van der Waals surface area contributed by atoms with Gasteiger partial charge in [0.05, 0.1) is 12.7 Å². The second kappa shape index (κ2) is 5.26. The van der Waals surface area contributed by atoms with E-state index in [1.807, 2.05) is 18.2 Å². The summed E-state index contributed by atoms with van der Waals surface area (Å²) in [7, 11) is 0. The maximum atomic E-state index is 5.85. The first-order chi connectivity index (χ1) is 7.40. The highest BCUT2D eigenvalue weighted by molar-refractivity contribution is 5.13. The summed E-state index contributed by atoms with van der Waals surface area (Å²) in [5, 5.41) is 0. The van der Waals surface area contributed by atoms with Crippen molar-refractivity contribution in [1.82, 2.24) is 5.43 Å². The number of hydrazine groups is 1. The molecular formula is C12H18N2O. The van der Waals surface area contributed by atoms with Crippen LogP contribution in [0.3, 0.4) is 0 Å². The quantitative estimate of drug-likeness (QED) is 0.581. The van der Waals surface area contributed by atoms with Crippen molar-refractivity contribution in [2.45, 2.75) is 38.0 Å². The fourth-order valence-corrected chi connectivity index (χ4v) is 2.09. The van der Waals surface area contributed by atoms with Gasteiger partial charge in [0.25, 0.3) is 0 Å². The molecular weight excluding hydrogens is 188 g/mol. The lowest BCUT2D eigenvalue weighted by atomic mass is 10.2. The second-order valence-corrected chi connectivity index (χ2v) is 4.04. The predicted molar refractivity (Wildman–Crippen MR) is 60.0 cm³/mol. The maximum Gasteiger partial charge on any atom is 0.0746 e. The fourth-order valence-electron chi connectivity index (χ4n) is 2.09. The average Bonchev–Trinajstić information content (AvgIpc) is 2.75. The Morgan fingerprint density at radius 3 is 2.80 bits per heavy atom. The number of ether oxygens (including phenoxy) is 1. The SMILES string of the molecule is NNC1CCCC1OCc1ccccc1. The van der Waals surface area contributed by atoms with Crippen LogP contribution in [0.4, 0.5) is 0 Å². The Morgan fingerprint density at radius 1 is 1.27 bits per heavy atom. The Hall–Kier alpha value is -0.900. The van der Waals surface area contributed by atoms with Crippen molar-refractivity contribution in [1.29, 1.82) is 0 Å². The fraction of sp³-hybridized carbons (Fsp3) is 0.500. The van der Waals surface area contributed by atoms with Gasteiger partial charge in [0.1, 0.15) is 0 Å². The third-order valence-electron chi connectivity index (χ3n) is 2.97. The van der Waals surface area contributed by atoms with E-state index in [1.54, 1.807) is 0 Å². The Kier molecular flexibility index (Phi) is 3.72. The van der Waals surface area contributed by atoms with Gasteiger partial charge in [-0.05, 0) is 24.8 Å². The lowest BCUT2D eigenvalue weighted by Gasteiger charge is -2.19. The van der Waals surface area contributed by atoms with Crippen LogP contribution in [0.15, 0.2) is 30.3 Å². The van der Waals surface area contributed by atoms with Gasteiger partial charge in [-0.25, -0.2) is 0 Å². The Balaban J connectivity index is 1.83. The van der Waals surface area contributed by atoms with Crippen LogP contribution >= 0.6 is 0 Å². The number of benzene rings is 1. The first-order valence-electron chi connectivity index (χ1n) is 5.52. The summed E-state index contributed by atoms with van der Waals surface area (Å²) in [6.45, 7) is 0.684. The molecule has 1 aromatic carbocycles. The molecule has 1 fully saturated rings. The molecule has 0 amide bonds. The molecule has 2 rings (SSSR count). The van der Waals surface area contributed by atoms with Crippen LogP contribution in [0.5, 0.6) is 0 Å². The van der Waals surface area contributed by atoms with E-state index in [2.05, 4.69) is 17.6 Å². The smallest absolute Gasteiger partial charge is 0.0746 e. The zero-order valence-corrected chi connectivity index (χ0v) is 8.86. The van der Waals surface area contributed by atoms with Gasteiger partial charge in [-0.3, -0.25) is 11.3 Å². The molecule has 2 unspecified atom stereocenters. The van der Waals surface area contributed by atoms with Crippen molar-refractivity contribution < 1.29 is 4.74 Å². The molecule has 3 N–H and O–H groups in total. The van der Waals surface area contributed by atoms with Gasteiger partial charge < -0.3 is 4.74 Å². The third kappa shape index (κ3) is 2.78. The van der Waals surface area contributed by atoms with Gasteiger partial charge in [0, 0.05) is 6.04 Å². The number of rotatable bonds is 4. The molecule has 1 aromatic rings. The summed E-state index contributed by atoms with van der Waals surface area (Å²) in [6.07, 6.45) is 3.71. The molecule has 0 bridgehead atoms. The molecule has 0 radical (unpaired) electrons. The van der Waals surface area contributed by atoms with E-state index in [9.17, 15) is 0 Å². The van der Waals surface area contributed by atoms with Crippen molar-refractivity contribution in [3.05, 3.63) is 35.9 Å². The minimum absolute atomic E-state index is 0.273. The van der Waals surface area contributed by atoms with E-state index in [1.165, 1.54) is 12.0 Å². The Labute approximate surface area is 90.6 Å². The first kappa shape index (κ1) is 10.6. The zero-order chi connectivity index (χ0) is 10.5. The molecule has 3 nitrogen and oxygen atoms in total. The predicted octanol–water partition coefficient (Wildman–Crippen LogP) is 1.59. The van der Waals surface area contributed by atoms with E-state index < -0.39 is 0 Å². The molecule has 0 aromatic heterocycles. The van der Waals surface area contributed by atoms with Crippen molar-refractivity contribution in [2.24, 2.45) is 5.84 Å². The van der Waals surface area contributed by atoms with E-state index in [-0.39, 0.29) is 6.10 Å². The van der Waals surface area contributed by atoms with E-state index in [4.69, 9.17) is 10.6 Å². The molecule has 3 heteroatoms. The van der Waals surface area contributed by atoms with Crippen LogP contribution in [-0.2, 0) is 11.3 Å². The number of nitrogens with two attached hydrogens (primary N) is 1. The van der Waals surface area contributed by atoms with Gasteiger partial charge in [0.15, 0.2) is 0 Å². The normalized spacial score (nSPS) is 25.7. The van der Waals surface area contributed by atoms with Gasteiger partial charge in [0.2, 0.25) is 0 Å². The highest BCUT2D eigenvalue weighted by Gasteiger charge is 2.26. The van der Waals surface area contributed by atoms with Gasteiger partial charge in [-0.1, -0.05) is 30.3 Å². The Morgan fingerprint density at radius 2 is 2.07 bits per heavy atom. The monoisotopic (exact) mass is 206 g/mol. The summed E-state index contributed by atoms with van der Waals surface area (Å²) in [4.78, 5) is 0.